The van der Waals surface area contributed by atoms with Crippen LogP contribution in [0.1, 0.15) is 20.8 Å². The predicted octanol–water partition coefficient (Wildman–Crippen LogP) is -0.190. The van der Waals surface area contributed by atoms with E-state index in [1.807, 2.05) is 13.8 Å². The first-order valence-electron chi connectivity index (χ1n) is 5.39. The lowest BCUT2D eigenvalue weighted by Crippen LogP contribution is -2.40. The van der Waals surface area contributed by atoms with Crippen molar-refractivity contribution >= 4 is 15.9 Å². The van der Waals surface area contributed by atoms with Gasteiger partial charge in [-0.25, -0.2) is 8.42 Å². The van der Waals surface area contributed by atoms with E-state index in [0.29, 0.717) is 0 Å². The SMILES string of the molecule is CCN(CC(N)=NO)S(=O)(=O)CCOC(C)C. The van der Waals surface area contributed by atoms with E-state index >= 15 is 0 Å². The third-order valence-electron chi connectivity index (χ3n) is 2.01. The van der Waals surface area contributed by atoms with E-state index in [1.54, 1.807) is 6.92 Å². The van der Waals surface area contributed by atoms with Crippen LogP contribution in [0.15, 0.2) is 5.16 Å². The summed E-state index contributed by atoms with van der Waals surface area (Å²) in [6.07, 6.45) is -0.00986. The summed E-state index contributed by atoms with van der Waals surface area (Å²) in [5, 5.41) is 11.2. The van der Waals surface area contributed by atoms with Crippen LogP contribution in [-0.2, 0) is 14.8 Å². The summed E-state index contributed by atoms with van der Waals surface area (Å²) in [6, 6.07) is 0. The van der Waals surface area contributed by atoms with Crippen LogP contribution in [0.25, 0.3) is 0 Å². The normalized spacial score (nSPS) is 13.6. The van der Waals surface area contributed by atoms with E-state index in [0.717, 1.165) is 4.31 Å². The molecule has 0 amide bonds. The minimum Gasteiger partial charge on any atom is -0.409 e. The van der Waals surface area contributed by atoms with Crippen LogP contribution in [0.4, 0.5) is 0 Å². The highest BCUT2D eigenvalue weighted by Gasteiger charge is 2.21. The number of nitrogens with two attached hydrogens (primary N) is 1. The minimum absolute atomic E-state index is 0.00986. The maximum Gasteiger partial charge on any atom is 0.216 e. The molecule has 0 aromatic rings. The molecule has 0 atom stereocenters. The Morgan fingerprint density at radius 3 is 2.53 bits per heavy atom. The number of sulfonamides is 1. The van der Waals surface area contributed by atoms with Crippen molar-refractivity contribution in [3.63, 3.8) is 0 Å². The van der Waals surface area contributed by atoms with Gasteiger partial charge < -0.3 is 15.7 Å². The van der Waals surface area contributed by atoms with Gasteiger partial charge in [0.05, 0.1) is 25.0 Å². The summed E-state index contributed by atoms with van der Waals surface area (Å²) in [7, 11) is -3.44. The van der Waals surface area contributed by atoms with Crippen molar-refractivity contribution in [2.75, 3.05) is 25.4 Å². The zero-order chi connectivity index (χ0) is 13.5. The Balaban J connectivity index is 4.43. The molecule has 0 aliphatic rings. The minimum atomic E-state index is -3.44. The molecule has 0 unspecified atom stereocenters. The predicted molar refractivity (Wildman–Crippen MR) is 65.5 cm³/mol. The molecule has 0 saturated heterocycles. The summed E-state index contributed by atoms with van der Waals surface area (Å²) < 4.78 is 30.0. The van der Waals surface area contributed by atoms with Gasteiger partial charge in [0.1, 0.15) is 0 Å². The van der Waals surface area contributed by atoms with Crippen LogP contribution >= 0.6 is 0 Å². The highest BCUT2D eigenvalue weighted by molar-refractivity contribution is 7.89. The Labute approximate surface area is 102 Å². The Kier molecular flexibility index (Phi) is 7.09. The van der Waals surface area contributed by atoms with Crippen LogP contribution in [0.2, 0.25) is 0 Å². The van der Waals surface area contributed by atoms with Gasteiger partial charge in [0.15, 0.2) is 5.84 Å². The average molecular weight is 267 g/mol. The first-order chi connectivity index (χ1) is 7.83. The molecule has 0 fully saturated rings. The average Bonchev–Trinajstić information content (AvgIpc) is 2.24. The van der Waals surface area contributed by atoms with Gasteiger partial charge >= 0.3 is 0 Å². The van der Waals surface area contributed by atoms with Crippen molar-refractivity contribution in [2.24, 2.45) is 10.9 Å². The maximum absolute atomic E-state index is 11.8. The van der Waals surface area contributed by atoms with Gasteiger partial charge in [-0.2, -0.15) is 4.31 Å². The first kappa shape index (κ1) is 16.1. The van der Waals surface area contributed by atoms with Crippen LogP contribution in [0.5, 0.6) is 0 Å². The van der Waals surface area contributed by atoms with Gasteiger partial charge in [-0.1, -0.05) is 12.1 Å². The number of hydrogen-bond acceptors (Lipinski definition) is 5. The van der Waals surface area contributed by atoms with E-state index in [-0.39, 0.29) is 37.4 Å². The number of likely N-dealkylation sites (N-methyl/N-ethyl adjacent to an activating group) is 1. The summed E-state index contributed by atoms with van der Waals surface area (Å²) in [4.78, 5) is 0. The second-order valence-electron chi connectivity index (χ2n) is 3.75. The third-order valence-corrected chi connectivity index (χ3v) is 3.86. The largest absolute Gasteiger partial charge is 0.409 e. The van der Waals surface area contributed by atoms with Gasteiger partial charge in [0.25, 0.3) is 0 Å². The van der Waals surface area contributed by atoms with Gasteiger partial charge in [-0.3, -0.25) is 0 Å². The summed E-state index contributed by atoms with van der Waals surface area (Å²) in [5.74, 6) is -0.252. The molecule has 0 aliphatic carbocycles. The van der Waals surface area contributed by atoms with Crippen molar-refractivity contribution < 1.29 is 18.4 Å². The topological polar surface area (TPSA) is 105 Å². The molecule has 7 nitrogen and oxygen atoms in total. The lowest BCUT2D eigenvalue weighted by Gasteiger charge is -2.19. The molecule has 0 heterocycles. The first-order valence-corrected chi connectivity index (χ1v) is 7.00. The van der Waals surface area contributed by atoms with Crippen LogP contribution in [0, 0.1) is 0 Å². The molecule has 0 saturated carbocycles. The lowest BCUT2D eigenvalue weighted by molar-refractivity contribution is 0.0907. The highest BCUT2D eigenvalue weighted by atomic mass is 32.2. The van der Waals surface area contributed by atoms with Crippen molar-refractivity contribution in [3.05, 3.63) is 0 Å². The number of hydrogen-bond donors (Lipinski definition) is 2. The molecule has 0 aromatic heterocycles. The fourth-order valence-corrected chi connectivity index (χ4v) is 2.42. The fraction of sp³-hybridized carbons (Fsp3) is 0.889. The lowest BCUT2D eigenvalue weighted by atomic mass is 10.5. The third kappa shape index (κ3) is 6.44. The van der Waals surface area contributed by atoms with Crippen LogP contribution in [-0.4, -0.2) is 55.3 Å². The smallest absolute Gasteiger partial charge is 0.216 e. The fourth-order valence-electron chi connectivity index (χ4n) is 1.14. The quantitative estimate of drug-likeness (QED) is 0.274. The zero-order valence-electron chi connectivity index (χ0n) is 10.5. The number of ether oxygens (including phenoxy) is 1. The van der Waals surface area contributed by atoms with E-state index in [2.05, 4.69) is 5.16 Å². The van der Waals surface area contributed by atoms with E-state index in [9.17, 15) is 8.42 Å². The molecule has 3 N–H and O–H groups in total. The molecule has 0 spiro atoms. The molecular weight excluding hydrogens is 246 g/mol. The van der Waals surface area contributed by atoms with Crippen molar-refractivity contribution in [1.82, 2.24) is 4.31 Å². The number of nitrogens with zero attached hydrogens (tertiary/aromatic N) is 2. The second-order valence-corrected chi connectivity index (χ2v) is 5.84. The molecule has 0 bridgehead atoms. The highest BCUT2D eigenvalue weighted by Crippen LogP contribution is 2.02. The van der Waals surface area contributed by atoms with Gasteiger partial charge in [0, 0.05) is 6.54 Å². The molecule has 17 heavy (non-hydrogen) atoms. The monoisotopic (exact) mass is 267 g/mol. The summed E-state index contributed by atoms with van der Waals surface area (Å²) >= 11 is 0. The van der Waals surface area contributed by atoms with Gasteiger partial charge in [-0.15, -0.1) is 0 Å². The Morgan fingerprint density at radius 2 is 2.12 bits per heavy atom. The van der Waals surface area contributed by atoms with E-state index < -0.39 is 10.0 Å². The molecule has 0 aliphatic heterocycles. The van der Waals surface area contributed by atoms with Gasteiger partial charge in [0.2, 0.25) is 10.0 Å². The standard InChI is InChI=1S/C9H21N3O4S/c1-4-12(7-9(10)11-13)17(14,15)6-5-16-8(2)3/h8,13H,4-7H2,1-3H3,(H2,10,11). The van der Waals surface area contributed by atoms with Crippen LogP contribution in [0.3, 0.4) is 0 Å². The van der Waals surface area contributed by atoms with Crippen molar-refractivity contribution in [3.8, 4) is 0 Å². The maximum atomic E-state index is 11.8. The van der Waals surface area contributed by atoms with Crippen molar-refractivity contribution in [2.45, 2.75) is 26.9 Å². The second kappa shape index (κ2) is 7.46. The number of rotatable bonds is 8. The number of amidine groups is 1. The molecule has 102 valence electrons. The summed E-state index contributed by atoms with van der Waals surface area (Å²) in [6.45, 7) is 5.64. The molecule has 8 heteroatoms. The molecule has 0 radical (unpaired) electrons. The molecular formula is C9H21N3O4S. The van der Waals surface area contributed by atoms with E-state index in [4.69, 9.17) is 15.7 Å². The number of oxime groups is 1. The molecule has 0 aromatic carbocycles. The van der Waals surface area contributed by atoms with Crippen LogP contribution < -0.4 is 5.73 Å². The molecule has 0 rings (SSSR count). The Morgan fingerprint density at radius 1 is 1.53 bits per heavy atom. The zero-order valence-corrected chi connectivity index (χ0v) is 11.3. The summed E-state index contributed by atoms with van der Waals surface area (Å²) in [5.41, 5.74) is 5.29. The Bertz CT molecular complexity index is 340. The van der Waals surface area contributed by atoms with E-state index in [1.165, 1.54) is 0 Å². The van der Waals surface area contributed by atoms with Crippen molar-refractivity contribution in [1.29, 1.82) is 0 Å². The Hall–Kier alpha value is -0.860. The van der Waals surface area contributed by atoms with Gasteiger partial charge in [-0.05, 0) is 13.8 Å².